The first-order valence-electron chi connectivity index (χ1n) is 7.68. The molecule has 3 nitrogen and oxygen atoms in total. The lowest BCUT2D eigenvalue weighted by molar-refractivity contribution is 0.291. The van der Waals surface area contributed by atoms with Crippen molar-refractivity contribution in [1.82, 2.24) is 4.31 Å². The minimum absolute atomic E-state index is 0.0853. The van der Waals surface area contributed by atoms with Crippen LogP contribution in [0.15, 0.2) is 29.2 Å². The number of hydrogen-bond donors (Lipinski definition) is 0. The van der Waals surface area contributed by atoms with E-state index in [0.717, 1.165) is 38.5 Å². The van der Waals surface area contributed by atoms with Crippen LogP contribution in [0.25, 0.3) is 0 Å². The van der Waals surface area contributed by atoms with Crippen molar-refractivity contribution in [2.45, 2.75) is 61.8 Å². The second-order valence-corrected chi connectivity index (χ2v) is 8.34. The van der Waals surface area contributed by atoms with Crippen LogP contribution in [0.5, 0.6) is 0 Å². The number of alkyl halides is 1. The molecule has 2 rings (SSSR count). The summed E-state index contributed by atoms with van der Waals surface area (Å²) in [5.74, 6) is 0. The molecular formula is C16H24ClNO2S. The lowest BCUT2D eigenvalue weighted by atomic mass is 9.95. The summed E-state index contributed by atoms with van der Waals surface area (Å²) in [4.78, 5) is 0.360. The fourth-order valence-corrected chi connectivity index (χ4v) is 4.87. The fourth-order valence-electron chi connectivity index (χ4n) is 2.94. The minimum Gasteiger partial charge on any atom is -0.207 e. The van der Waals surface area contributed by atoms with E-state index in [9.17, 15) is 8.42 Å². The molecule has 0 radical (unpaired) electrons. The SMILES string of the molecule is CCCc1ccc(S(=O)(=O)N(C)C2CCCCC2Cl)cc1. The van der Waals surface area contributed by atoms with Crippen LogP contribution < -0.4 is 0 Å². The molecule has 1 aliphatic carbocycles. The van der Waals surface area contributed by atoms with Crippen LogP contribution in [0, 0.1) is 0 Å². The molecule has 0 saturated heterocycles. The maximum atomic E-state index is 12.7. The Kier molecular flexibility index (Phi) is 5.69. The number of hydrogen-bond acceptors (Lipinski definition) is 2. The Hall–Kier alpha value is -0.580. The predicted octanol–water partition coefficient (Wildman–Crippen LogP) is 3.81. The molecule has 0 aromatic heterocycles. The van der Waals surface area contributed by atoms with Gasteiger partial charge in [-0.15, -0.1) is 11.6 Å². The van der Waals surface area contributed by atoms with Gasteiger partial charge in [-0.3, -0.25) is 0 Å². The van der Waals surface area contributed by atoms with E-state index in [2.05, 4.69) is 6.92 Å². The van der Waals surface area contributed by atoms with Crippen LogP contribution in [0.1, 0.15) is 44.6 Å². The van der Waals surface area contributed by atoms with E-state index in [1.54, 1.807) is 19.2 Å². The van der Waals surface area contributed by atoms with Gasteiger partial charge < -0.3 is 0 Å². The average molecular weight is 330 g/mol. The van der Waals surface area contributed by atoms with Crippen molar-refractivity contribution in [3.05, 3.63) is 29.8 Å². The van der Waals surface area contributed by atoms with Crippen LogP contribution in [0.4, 0.5) is 0 Å². The van der Waals surface area contributed by atoms with Gasteiger partial charge in [0.25, 0.3) is 0 Å². The fraction of sp³-hybridized carbons (Fsp3) is 0.625. The van der Waals surface area contributed by atoms with Gasteiger partial charge in [0.15, 0.2) is 0 Å². The Bertz CT molecular complexity index is 556. The van der Waals surface area contributed by atoms with Gasteiger partial charge in [0.2, 0.25) is 10.0 Å². The van der Waals surface area contributed by atoms with Crippen LogP contribution in [-0.4, -0.2) is 31.2 Å². The summed E-state index contributed by atoms with van der Waals surface area (Å²) < 4.78 is 26.9. The molecule has 1 aromatic carbocycles. The molecule has 2 atom stereocenters. The molecule has 1 aromatic rings. The maximum Gasteiger partial charge on any atom is 0.243 e. The van der Waals surface area contributed by atoms with Gasteiger partial charge in [-0.05, 0) is 37.0 Å². The summed E-state index contributed by atoms with van der Waals surface area (Å²) in [6.07, 6.45) is 5.90. The molecule has 2 unspecified atom stereocenters. The van der Waals surface area contributed by atoms with E-state index in [0.29, 0.717) is 4.90 Å². The normalized spacial score (nSPS) is 23.4. The highest BCUT2D eigenvalue weighted by molar-refractivity contribution is 7.89. The monoisotopic (exact) mass is 329 g/mol. The molecule has 5 heteroatoms. The second-order valence-electron chi connectivity index (χ2n) is 5.78. The van der Waals surface area contributed by atoms with Crippen molar-refractivity contribution in [3.8, 4) is 0 Å². The molecule has 118 valence electrons. The van der Waals surface area contributed by atoms with E-state index >= 15 is 0 Å². The van der Waals surface area contributed by atoms with Crippen LogP contribution in [0.3, 0.4) is 0 Å². The molecule has 1 aliphatic rings. The highest BCUT2D eigenvalue weighted by Gasteiger charge is 2.34. The number of nitrogens with zero attached hydrogens (tertiary/aromatic N) is 1. The van der Waals surface area contributed by atoms with Crippen molar-refractivity contribution >= 4 is 21.6 Å². The van der Waals surface area contributed by atoms with E-state index in [-0.39, 0.29) is 11.4 Å². The van der Waals surface area contributed by atoms with Gasteiger partial charge in [-0.25, -0.2) is 8.42 Å². The van der Waals surface area contributed by atoms with Crippen molar-refractivity contribution in [3.63, 3.8) is 0 Å². The zero-order valence-electron chi connectivity index (χ0n) is 12.8. The van der Waals surface area contributed by atoms with Gasteiger partial charge in [0, 0.05) is 13.1 Å². The third-order valence-corrected chi connectivity index (χ3v) is 6.66. The molecule has 0 heterocycles. The molecule has 0 bridgehead atoms. The Morgan fingerprint density at radius 1 is 1.19 bits per heavy atom. The third kappa shape index (κ3) is 3.79. The zero-order valence-corrected chi connectivity index (χ0v) is 14.3. The van der Waals surface area contributed by atoms with Gasteiger partial charge in [-0.2, -0.15) is 4.31 Å². The van der Waals surface area contributed by atoms with Gasteiger partial charge >= 0.3 is 0 Å². The van der Waals surface area contributed by atoms with Crippen molar-refractivity contribution in [1.29, 1.82) is 0 Å². The lowest BCUT2D eigenvalue weighted by Crippen LogP contribution is -2.44. The summed E-state index contributed by atoms with van der Waals surface area (Å²) in [7, 11) is -1.80. The first-order chi connectivity index (χ1) is 9.96. The number of benzene rings is 1. The first-order valence-corrected chi connectivity index (χ1v) is 9.55. The zero-order chi connectivity index (χ0) is 15.5. The molecule has 0 spiro atoms. The molecule has 1 saturated carbocycles. The summed E-state index contributed by atoms with van der Waals surface area (Å²) in [6, 6.07) is 7.14. The van der Waals surface area contributed by atoms with Crippen molar-refractivity contribution in [2.24, 2.45) is 0 Å². The minimum atomic E-state index is -3.45. The van der Waals surface area contributed by atoms with E-state index in [1.165, 1.54) is 9.87 Å². The lowest BCUT2D eigenvalue weighted by Gasteiger charge is -2.34. The molecular weight excluding hydrogens is 306 g/mol. The molecule has 1 fully saturated rings. The topological polar surface area (TPSA) is 37.4 Å². The van der Waals surface area contributed by atoms with Crippen LogP contribution in [0.2, 0.25) is 0 Å². The van der Waals surface area contributed by atoms with Gasteiger partial charge in [0.05, 0.1) is 10.3 Å². The molecule has 21 heavy (non-hydrogen) atoms. The summed E-state index contributed by atoms with van der Waals surface area (Å²) in [5.41, 5.74) is 1.17. The first kappa shape index (κ1) is 16.8. The smallest absolute Gasteiger partial charge is 0.207 e. The molecule has 0 amide bonds. The van der Waals surface area contributed by atoms with E-state index in [1.807, 2.05) is 12.1 Å². The summed E-state index contributed by atoms with van der Waals surface area (Å²) in [5, 5.41) is -0.0853. The number of aryl methyl sites for hydroxylation is 1. The van der Waals surface area contributed by atoms with Crippen LogP contribution in [-0.2, 0) is 16.4 Å². The quantitative estimate of drug-likeness (QED) is 0.770. The second kappa shape index (κ2) is 7.12. The average Bonchev–Trinajstić information content (AvgIpc) is 2.48. The van der Waals surface area contributed by atoms with E-state index in [4.69, 9.17) is 11.6 Å². The van der Waals surface area contributed by atoms with Gasteiger partial charge in [-0.1, -0.05) is 38.3 Å². The Morgan fingerprint density at radius 3 is 2.38 bits per heavy atom. The molecule has 0 aliphatic heterocycles. The maximum absolute atomic E-state index is 12.7. The van der Waals surface area contributed by atoms with Crippen molar-refractivity contribution in [2.75, 3.05) is 7.05 Å². The van der Waals surface area contributed by atoms with E-state index < -0.39 is 10.0 Å². The highest BCUT2D eigenvalue weighted by Crippen LogP contribution is 2.30. The third-order valence-electron chi connectivity index (χ3n) is 4.25. The number of sulfonamides is 1. The largest absolute Gasteiger partial charge is 0.243 e. The van der Waals surface area contributed by atoms with Crippen molar-refractivity contribution < 1.29 is 8.42 Å². The summed E-state index contributed by atoms with van der Waals surface area (Å²) >= 11 is 6.33. The van der Waals surface area contributed by atoms with Gasteiger partial charge in [0.1, 0.15) is 0 Å². The predicted molar refractivity (Wildman–Crippen MR) is 87.3 cm³/mol. The standard InChI is InChI=1S/C16H24ClNO2S/c1-3-6-13-9-11-14(12-10-13)21(19,20)18(2)16-8-5-4-7-15(16)17/h9-12,15-16H,3-8H2,1-2H3. The Labute approximate surface area is 133 Å². The number of rotatable bonds is 5. The number of halogens is 1. The highest BCUT2D eigenvalue weighted by atomic mass is 35.5. The molecule has 0 N–H and O–H groups in total. The Balaban J connectivity index is 2.19. The Morgan fingerprint density at radius 2 is 1.81 bits per heavy atom. The van der Waals surface area contributed by atoms with Crippen LogP contribution >= 0.6 is 11.6 Å². The summed E-state index contributed by atoms with van der Waals surface area (Å²) in [6.45, 7) is 2.11.